The Labute approximate surface area is 114 Å². The van der Waals surface area contributed by atoms with Gasteiger partial charge >= 0.3 is 0 Å². The second kappa shape index (κ2) is 5.59. The normalized spacial score (nSPS) is 32.6. The van der Waals surface area contributed by atoms with Crippen LogP contribution in [0.1, 0.15) is 43.6 Å². The van der Waals surface area contributed by atoms with Gasteiger partial charge in [0.25, 0.3) is 0 Å². The number of nitrogens with zero attached hydrogens (tertiary/aromatic N) is 1. The fourth-order valence-electron chi connectivity index (χ4n) is 3.66. The van der Waals surface area contributed by atoms with E-state index in [4.69, 9.17) is 5.73 Å². The third-order valence-electron chi connectivity index (χ3n) is 4.81. The minimum Gasteiger partial charge on any atom is -0.326 e. The van der Waals surface area contributed by atoms with Gasteiger partial charge in [0.15, 0.2) is 0 Å². The molecule has 1 aromatic carbocycles. The molecular formula is C16H23FN2. The average molecular weight is 262 g/mol. The summed E-state index contributed by atoms with van der Waals surface area (Å²) in [5.41, 5.74) is 7.29. The highest BCUT2D eigenvalue weighted by molar-refractivity contribution is 5.21. The van der Waals surface area contributed by atoms with Crippen LogP contribution in [0.4, 0.5) is 4.39 Å². The van der Waals surface area contributed by atoms with E-state index < -0.39 is 0 Å². The minimum absolute atomic E-state index is 0.136. The van der Waals surface area contributed by atoms with Gasteiger partial charge in [0.05, 0.1) is 0 Å². The first-order valence-corrected chi connectivity index (χ1v) is 7.47. The van der Waals surface area contributed by atoms with Gasteiger partial charge in [-0.1, -0.05) is 12.1 Å². The Balaban J connectivity index is 1.56. The third-order valence-corrected chi connectivity index (χ3v) is 4.81. The zero-order valence-electron chi connectivity index (χ0n) is 11.4. The number of hydrogen-bond donors (Lipinski definition) is 1. The molecule has 1 heterocycles. The van der Waals surface area contributed by atoms with E-state index in [9.17, 15) is 4.39 Å². The van der Waals surface area contributed by atoms with Gasteiger partial charge in [-0.2, -0.15) is 0 Å². The molecule has 1 saturated heterocycles. The van der Waals surface area contributed by atoms with Crippen molar-refractivity contribution in [1.82, 2.24) is 4.90 Å². The summed E-state index contributed by atoms with van der Waals surface area (Å²) in [6, 6.07) is 8.18. The summed E-state index contributed by atoms with van der Waals surface area (Å²) in [7, 11) is 0. The molecule has 3 heteroatoms. The van der Waals surface area contributed by atoms with Crippen LogP contribution in [0.25, 0.3) is 0 Å². The standard InChI is InChI=1S/C16H23FN2/c17-14-5-1-12(2-6-14)13-3-7-16(8-4-13)19-10-9-15(18)11-19/h1-2,5-6,13,15-16H,3-4,7-11,18H2/t13?,15-,16?/m1/s1. The molecule has 0 bridgehead atoms. The maximum Gasteiger partial charge on any atom is 0.123 e. The van der Waals surface area contributed by atoms with E-state index in [-0.39, 0.29) is 5.82 Å². The van der Waals surface area contributed by atoms with Crippen molar-refractivity contribution in [2.75, 3.05) is 13.1 Å². The Kier molecular flexibility index (Phi) is 3.85. The van der Waals surface area contributed by atoms with E-state index >= 15 is 0 Å². The molecule has 19 heavy (non-hydrogen) atoms. The van der Waals surface area contributed by atoms with E-state index in [1.165, 1.54) is 37.8 Å². The van der Waals surface area contributed by atoms with Crippen LogP contribution in [-0.2, 0) is 0 Å². The molecule has 1 aromatic rings. The van der Waals surface area contributed by atoms with Gasteiger partial charge in [-0.15, -0.1) is 0 Å². The van der Waals surface area contributed by atoms with Crippen LogP contribution in [0, 0.1) is 5.82 Å². The van der Waals surface area contributed by atoms with Crippen LogP contribution in [-0.4, -0.2) is 30.1 Å². The molecule has 1 atom stereocenters. The first-order valence-electron chi connectivity index (χ1n) is 7.47. The number of hydrogen-bond acceptors (Lipinski definition) is 2. The summed E-state index contributed by atoms with van der Waals surface area (Å²) in [6.07, 6.45) is 6.12. The Morgan fingerprint density at radius 1 is 1.00 bits per heavy atom. The molecular weight excluding hydrogens is 239 g/mol. The van der Waals surface area contributed by atoms with Crippen LogP contribution in [0.3, 0.4) is 0 Å². The lowest BCUT2D eigenvalue weighted by Crippen LogP contribution is -2.37. The lowest BCUT2D eigenvalue weighted by Gasteiger charge is -2.34. The third kappa shape index (κ3) is 2.98. The highest BCUT2D eigenvalue weighted by Crippen LogP contribution is 2.35. The predicted octanol–water partition coefficient (Wildman–Crippen LogP) is 2.88. The van der Waals surface area contributed by atoms with Gasteiger partial charge in [0.2, 0.25) is 0 Å². The van der Waals surface area contributed by atoms with Crippen molar-refractivity contribution in [3.63, 3.8) is 0 Å². The van der Waals surface area contributed by atoms with Crippen molar-refractivity contribution >= 4 is 0 Å². The van der Waals surface area contributed by atoms with Crippen LogP contribution in [0.2, 0.25) is 0 Å². The summed E-state index contributed by atoms with van der Waals surface area (Å²) in [6.45, 7) is 2.25. The Bertz CT molecular complexity index is 409. The van der Waals surface area contributed by atoms with Gasteiger partial charge < -0.3 is 5.73 Å². The van der Waals surface area contributed by atoms with Gasteiger partial charge in [0.1, 0.15) is 5.82 Å². The molecule has 0 radical (unpaired) electrons. The minimum atomic E-state index is -0.136. The summed E-state index contributed by atoms with van der Waals surface area (Å²) in [5.74, 6) is 0.483. The van der Waals surface area contributed by atoms with Gasteiger partial charge in [-0.05, 0) is 55.7 Å². The number of benzene rings is 1. The summed E-state index contributed by atoms with van der Waals surface area (Å²) in [5, 5.41) is 0. The molecule has 0 amide bonds. The van der Waals surface area contributed by atoms with E-state index in [1.54, 1.807) is 12.1 Å². The summed E-state index contributed by atoms with van der Waals surface area (Å²) >= 11 is 0. The molecule has 3 rings (SSSR count). The predicted molar refractivity (Wildman–Crippen MR) is 75.6 cm³/mol. The molecule has 2 fully saturated rings. The van der Waals surface area contributed by atoms with Crippen molar-refractivity contribution in [2.24, 2.45) is 5.73 Å². The van der Waals surface area contributed by atoms with Crippen LogP contribution in [0.5, 0.6) is 0 Å². The van der Waals surface area contributed by atoms with Crippen molar-refractivity contribution in [3.8, 4) is 0 Å². The Morgan fingerprint density at radius 2 is 1.68 bits per heavy atom. The Hall–Kier alpha value is -0.930. The van der Waals surface area contributed by atoms with E-state index in [2.05, 4.69) is 4.90 Å². The quantitative estimate of drug-likeness (QED) is 0.888. The topological polar surface area (TPSA) is 29.3 Å². The lowest BCUT2D eigenvalue weighted by molar-refractivity contribution is 0.180. The zero-order valence-corrected chi connectivity index (χ0v) is 11.4. The van der Waals surface area contributed by atoms with Gasteiger partial charge in [-0.25, -0.2) is 4.39 Å². The average Bonchev–Trinajstić information content (AvgIpc) is 2.87. The highest BCUT2D eigenvalue weighted by Gasteiger charge is 2.30. The Morgan fingerprint density at radius 3 is 2.26 bits per heavy atom. The fourth-order valence-corrected chi connectivity index (χ4v) is 3.66. The monoisotopic (exact) mass is 262 g/mol. The number of nitrogens with two attached hydrogens (primary N) is 1. The SMILES string of the molecule is N[C@@H]1CCN(C2CCC(c3ccc(F)cc3)CC2)C1. The maximum atomic E-state index is 12.9. The molecule has 0 aromatic heterocycles. The molecule has 1 aliphatic carbocycles. The first-order chi connectivity index (χ1) is 9.22. The van der Waals surface area contributed by atoms with Crippen LogP contribution in [0.15, 0.2) is 24.3 Å². The molecule has 0 spiro atoms. The smallest absolute Gasteiger partial charge is 0.123 e. The highest BCUT2D eigenvalue weighted by atomic mass is 19.1. The molecule has 2 N–H and O–H groups in total. The zero-order chi connectivity index (χ0) is 13.2. The van der Waals surface area contributed by atoms with Crippen molar-refractivity contribution < 1.29 is 4.39 Å². The van der Waals surface area contributed by atoms with Crippen molar-refractivity contribution in [2.45, 2.75) is 50.1 Å². The van der Waals surface area contributed by atoms with E-state index in [0.717, 1.165) is 19.0 Å². The van der Waals surface area contributed by atoms with E-state index in [1.807, 2.05) is 12.1 Å². The maximum absolute atomic E-state index is 12.9. The van der Waals surface area contributed by atoms with Crippen LogP contribution < -0.4 is 5.73 Å². The number of rotatable bonds is 2. The van der Waals surface area contributed by atoms with E-state index in [0.29, 0.717) is 12.0 Å². The van der Waals surface area contributed by atoms with Crippen molar-refractivity contribution in [1.29, 1.82) is 0 Å². The summed E-state index contributed by atoms with van der Waals surface area (Å²) in [4.78, 5) is 2.57. The second-order valence-corrected chi connectivity index (χ2v) is 6.10. The number of halogens is 1. The fraction of sp³-hybridized carbons (Fsp3) is 0.625. The molecule has 2 nitrogen and oxygen atoms in total. The molecule has 2 aliphatic rings. The summed E-state index contributed by atoms with van der Waals surface area (Å²) < 4.78 is 12.9. The second-order valence-electron chi connectivity index (χ2n) is 6.10. The number of likely N-dealkylation sites (tertiary alicyclic amines) is 1. The first kappa shape index (κ1) is 13.1. The lowest BCUT2D eigenvalue weighted by atomic mass is 9.81. The van der Waals surface area contributed by atoms with Gasteiger partial charge in [-0.3, -0.25) is 4.90 Å². The van der Waals surface area contributed by atoms with Crippen molar-refractivity contribution in [3.05, 3.63) is 35.6 Å². The molecule has 104 valence electrons. The molecule has 0 unspecified atom stereocenters. The van der Waals surface area contributed by atoms with Gasteiger partial charge in [0, 0.05) is 25.2 Å². The molecule has 1 aliphatic heterocycles. The molecule has 1 saturated carbocycles. The largest absolute Gasteiger partial charge is 0.326 e. The van der Waals surface area contributed by atoms with Crippen LogP contribution >= 0.6 is 0 Å².